The minimum absolute atomic E-state index is 0.0527. The smallest absolute Gasteiger partial charge is 0.163 e. The summed E-state index contributed by atoms with van der Waals surface area (Å²) in [7, 11) is 1.53. The summed E-state index contributed by atoms with van der Waals surface area (Å²) < 4.78 is 5.31. The number of aromatic hydroxyl groups is 1. The molecule has 2 aromatic carbocycles. The van der Waals surface area contributed by atoms with Gasteiger partial charge in [-0.25, -0.2) is 0 Å². The van der Waals surface area contributed by atoms with Crippen molar-refractivity contribution in [3.63, 3.8) is 0 Å². The number of carbonyl (C=O) groups is 1. The van der Waals surface area contributed by atoms with Crippen molar-refractivity contribution in [1.82, 2.24) is 0 Å². The van der Waals surface area contributed by atoms with Gasteiger partial charge in [0.25, 0.3) is 0 Å². The van der Waals surface area contributed by atoms with Gasteiger partial charge in [0.05, 0.1) is 24.5 Å². The SMILES string of the molecule is COc1cccc([C@@H]2Nc3ccccc3NC3=C2C(=O)C[C@@H](c2cccs2)C3)c1O. The minimum Gasteiger partial charge on any atom is -0.504 e. The zero-order chi connectivity index (χ0) is 20.7. The maximum absolute atomic E-state index is 13.4. The standard InChI is InChI=1S/C24H22N2O3S/c1-29-20-9-4-6-15(24(20)28)23-22-18(25-16-7-2-3-8-17(16)26-23)12-14(13-19(22)27)21-10-5-11-30-21/h2-11,14,23,25-26,28H,12-13H2,1H3/t14-,23-/m0/s1. The number of methoxy groups -OCH3 is 1. The zero-order valence-corrected chi connectivity index (χ0v) is 17.3. The van der Waals surface area contributed by atoms with Crippen LogP contribution in [0.25, 0.3) is 0 Å². The van der Waals surface area contributed by atoms with Crippen LogP contribution in [0.1, 0.15) is 35.2 Å². The van der Waals surface area contributed by atoms with Crippen molar-refractivity contribution in [3.8, 4) is 11.5 Å². The largest absolute Gasteiger partial charge is 0.504 e. The van der Waals surface area contributed by atoms with E-state index in [0.717, 1.165) is 23.5 Å². The number of hydrogen-bond acceptors (Lipinski definition) is 6. The highest BCUT2D eigenvalue weighted by Gasteiger charge is 2.37. The van der Waals surface area contributed by atoms with Gasteiger partial charge in [-0.05, 0) is 36.1 Å². The molecule has 1 aliphatic heterocycles. The van der Waals surface area contributed by atoms with Gasteiger partial charge in [0, 0.05) is 34.0 Å². The highest BCUT2D eigenvalue weighted by molar-refractivity contribution is 7.10. The molecule has 0 saturated heterocycles. The molecule has 6 heteroatoms. The predicted molar refractivity (Wildman–Crippen MR) is 119 cm³/mol. The van der Waals surface area contributed by atoms with Crippen LogP contribution in [0.15, 0.2) is 71.2 Å². The van der Waals surface area contributed by atoms with E-state index in [9.17, 15) is 9.90 Å². The van der Waals surface area contributed by atoms with Crippen LogP contribution in [0.2, 0.25) is 0 Å². The van der Waals surface area contributed by atoms with Crippen molar-refractivity contribution >= 4 is 28.5 Å². The molecule has 0 unspecified atom stereocenters. The summed E-state index contributed by atoms with van der Waals surface area (Å²) in [4.78, 5) is 14.7. The average Bonchev–Trinajstić information content (AvgIpc) is 3.23. The Hall–Kier alpha value is -3.25. The second kappa shape index (κ2) is 7.54. The molecule has 0 fully saturated rings. The second-order valence-electron chi connectivity index (χ2n) is 7.58. The number of anilines is 2. The lowest BCUT2D eigenvalue weighted by atomic mass is 9.80. The van der Waals surface area contributed by atoms with Crippen LogP contribution in [0.3, 0.4) is 0 Å². The van der Waals surface area contributed by atoms with Crippen LogP contribution in [0, 0.1) is 0 Å². The number of phenolic OH excluding ortho intramolecular Hbond substituents is 1. The quantitative estimate of drug-likeness (QED) is 0.528. The molecular formula is C24H22N2O3S. The number of para-hydroxylation sites is 3. The lowest BCUT2D eigenvalue weighted by Crippen LogP contribution is -2.26. The van der Waals surface area contributed by atoms with Crippen molar-refractivity contribution in [3.05, 3.63) is 81.7 Å². The number of nitrogens with one attached hydrogen (secondary N) is 2. The third-order valence-corrected chi connectivity index (χ3v) is 6.85. The molecule has 0 saturated carbocycles. The Kier molecular flexibility index (Phi) is 4.71. The Morgan fingerprint density at radius 1 is 1.03 bits per heavy atom. The summed E-state index contributed by atoms with van der Waals surface area (Å²) in [5.74, 6) is 0.696. The summed E-state index contributed by atoms with van der Waals surface area (Å²) in [5, 5.41) is 19.9. The first-order chi connectivity index (χ1) is 14.7. The summed E-state index contributed by atoms with van der Waals surface area (Å²) in [6, 6.07) is 17.0. The molecule has 2 heterocycles. The van der Waals surface area contributed by atoms with E-state index >= 15 is 0 Å². The van der Waals surface area contributed by atoms with Gasteiger partial charge in [-0.1, -0.05) is 30.3 Å². The van der Waals surface area contributed by atoms with E-state index < -0.39 is 6.04 Å². The lowest BCUT2D eigenvalue weighted by Gasteiger charge is -2.29. The molecular weight excluding hydrogens is 396 g/mol. The van der Waals surface area contributed by atoms with Crippen molar-refractivity contribution in [2.24, 2.45) is 0 Å². The van der Waals surface area contributed by atoms with Crippen molar-refractivity contribution < 1.29 is 14.6 Å². The van der Waals surface area contributed by atoms with Crippen molar-refractivity contribution in [2.75, 3.05) is 17.7 Å². The molecule has 0 amide bonds. The zero-order valence-electron chi connectivity index (χ0n) is 16.5. The van der Waals surface area contributed by atoms with Crippen LogP contribution in [-0.2, 0) is 4.79 Å². The van der Waals surface area contributed by atoms with Crippen LogP contribution in [0.4, 0.5) is 11.4 Å². The van der Waals surface area contributed by atoms with E-state index in [0.29, 0.717) is 23.3 Å². The van der Waals surface area contributed by atoms with Crippen molar-refractivity contribution in [2.45, 2.75) is 24.8 Å². The fourth-order valence-electron chi connectivity index (χ4n) is 4.39. The summed E-state index contributed by atoms with van der Waals surface area (Å²) >= 11 is 1.69. The second-order valence-corrected chi connectivity index (χ2v) is 8.56. The third kappa shape index (κ3) is 3.13. The normalized spacial score (nSPS) is 20.5. The first kappa shape index (κ1) is 18.8. The van der Waals surface area contributed by atoms with Crippen LogP contribution in [0.5, 0.6) is 11.5 Å². The van der Waals surface area contributed by atoms with Gasteiger partial charge < -0.3 is 20.5 Å². The van der Waals surface area contributed by atoms with Gasteiger partial charge >= 0.3 is 0 Å². The molecule has 0 bridgehead atoms. The van der Waals surface area contributed by atoms with E-state index in [4.69, 9.17) is 4.74 Å². The molecule has 0 radical (unpaired) electrons. The van der Waals surface area contributed by atoms with Crippen molar-refractivity contribution in [1.29, 1.82) is 0 Å². The molecule has 3 N–H and O–H groups in total. The Balaban J connectivity index is 1.66. The summed E-state index contributed by atoms with van der Waals surface area (Å²) in [6.07, 6.45) is 1.21. The first-order valence-electron chi connectivity index (χ1n) is 9.93. The number of allylic oxidation sites excluding steroid dienone is 1. The number of thiophene rings is 1. The minimum atomic E-state index is -0.469. The Labute approximate surface area is 179 Å². The highest BCUT2D eigenvalue weighted by atomic mass is 32.1. The summed E-state index contributed by atoms with van der Waals surface area (Å²) in [6.45, 7) is 0. The van der Waals surface area contributed by atoms with E-state index in [-0.39, 0.29) is 17.5 Å². The molecule has 0 spiro atoms. The molecule has 1 aliphatic carbocycles. The van der Waals surface area contributed by atoms with Gasteiger partial charge in [-0.15, -0.1) is 11.3 Å². The number of hydrogen-bond donors (Lipinski definition) is 3. The van der Waals surface area contributed by atoms with Gasteiger partial charge in [0.15, 0.2) is 17.3 Å². The number of ether oxygens (including phenoxy) is 1. The average molecular weight is 419 g/mol. The molecule has 152 valence electrons. The topological polar surface area (TPSA) is 70.6 Å². The fourth-order valence-corrected chi connectivity index (χ4v) is 5.22. The van der Waals surface area contributed by atoms with Crippen LogP contribution >= 0.6 is 11.3 Å². The highest BCUT2D eigenvalue weighted by Crippen LogP contribution is 2.47. The van der Waals surface area contributed by atoms with Gasteiger partial charge in [-0.3, -0.25) is 4.79 Å². The number of ketones is 1. The number of fused-ring (bicyclic) bond motifs is 1. The molecule has 30 heavy (non-hydrogen) atoms. The number of Topliss-reactive ketones (excluding diaryl/α,β-unsaturated/α-hetero) is 1. The molecule has 2 aliphatic rings. The third-order valence-electron chi connectivity index (χ3n) is 5.82. The number of benzene rings is 2. The molecule has 5 rings (SSSR count). The van der Waals surface area contributed by atoms with Gasteiger partial charge in [-0.2, -0.15) is 0 Å². The predicted octanol–water partition coefficient (Wildman–Crippen LogP) is 5.44. The number of carbonyl (C=O) groups excluding carboxylic acids is 1. The monoisotopic (exact) mass is 418 g/mol. The van der Waals surface area contributed by atoms with Gasteiger partial charge in [0.2, 0.25) is 0 Å². The van der Waals surface area contributed by atoms with E-state index in [2.05, 4.69) is 22.1 Å². The number of rotatable bonds is 3. The fraction of sp³-hybridized carbons (Fsp3) is 0.208. The van der Waals surface area contributed by atoms with Crippen LogP contribution < -0.4 is 15.4 Å². The van der Waals surface area contributed by atoms with E-state index in [1.807, 2.05) is 42.5 Å². The molecule has 1 aromatic heterocycles. The molecule has 3 aromatic rings. The Morgan fingerprint density at radius 3 is 2.63 bits per heavy atom. The first-order valence-corrected chi connectivity index (χ1v) is 10.8. The molecule has 5 nitrogen and oxygen atoms in total. The maximum atomic E-state index is 13.4. The van der Waals surface area contributed by atoms with E-state index in [1.165, 1.54) is 12.0 Å². The molecule has 2 atom stereocenters. The van der Waals surface area contributed by atoms with Crippen LogP contribution in [-0.4, -0.2) is 18.0 Å². The maximum Gasteiger partial charge on any atom is 0.163 e. The van der Waals surface area contributed by atoms with Gasteiger partial charge in [0.1, 0.15) is 0 Å². The Morgan fingerprint density at radius 2 is 1.87 bits per heavy atom. The Bertz CT molecular complexity index is 1140. The number of phenols is 1. The lowest BCUT2D eigenvalue weighted by molar-refractivity contribution is -0.116. The summed E-state index contributed by atoms with van der Waals surface area (Å²) in [5.41, 5.74) is 4.04. The van der Waals surface area contributed by atoms with E-state index in [1.54, 1.807) is 17.4 Å².